The van der Waals surface area contributed by atoms with Crippen molar-refractivity contribution in [1.82, 2.24) is 20.3 Å². The SMILES string of the molecule is O=C(NCCc1ccccc1)c1cn(CCO[C@@H]2O[C@H](CO)[C@@H](O[C@@H]3O[C@H](CO)[C@H](O)[C@H](O)[C@H]3O)[C@H](O)[C@H]2O)nn1. The van der Waals surface area contributed by atoms with Gasteiger partial charge in [0.15, 0.2) is 18.3 Å². The third-order valence-corrected chi connectivity index (χ3v) is 6.88. The number of aliphatic hydroxyl groups excluding tert-OH is 7. The number of benzene rings is 1. The maximum absolute atomic E-state index is 12.3. The molecule has 16 nitrogen and oxygen atoms in total. The number of aliphatic hydroxyl groups is 7. The van der Waals surface area contributed by atoms with Crippen LogP contribution in [0.4, 0.5) is 0 Å². The Bertz CT molecular complexity index is 1090. The summed E-state index contributed by atoms with van der Waals surface area (Å²) >= 11 is 0. The Labute approximate surface area is 234 Å². The first kappa shape index (κ1) is 31.3. The summed E-state index contributed by atoms with van der Waals surface area (Å²) in [6.07, 6.45) is -13.3. The van der Waals surface area contributed by atoms with E-state index >= 15 is 0 Å². The molecule has 1 amide bonds. The molecule has 10 atom stereocenters. The molecule has 41 heavy (non-hydrogen) atoms. The van der Waals surface area contributed by atoms with E-state index in [0.717, 1.165) is 5.56 Å². The first-order chi connectivity index (χ1) is 19.7. The molecule has 0 radical (unpaired) electrons. The summed E-state index contributed by atoms with van der Waals surface area (Å²) in [7, 11) is 0. The van der Waals surface area contributed by atoms with E-state index < -0.39 is 80.5 Å². The fourth-order valence-electron chi connectivity index (χ4n) is 4.52. The molecule has 2 fully saturated rings. The van der Waals surface area contributed by atoms with Crippen LogP contribution in [0.5, 0.6) is 0 Å². The highest BCUT2D eigenvalue weighted by Crippen LogP contribution is 2.29. The zero-order valence-corrected chi connectivity index (χ0v) is 22.0. The van der Waals surface area contributed by atoms with Crippen LogP contribution in [0, 0.1) is 0 Å². The summed E-state index contributed by atoms with van der Waals surface area (Å²) in [6, 6.07) is 9.68. The van der Waals surface area contributed by atoms with Crippen molar-refractivity contribution in [2.45, 2.75) is 74.4 Å². The smallest absolute Gasteiger partial charge is 0.273 e. The third-order valence-electron chi connectivity index (χ3n) is 6.88. The molecule has 1 aromatic heterocycles. The summed E-state index contributed by atoms with van der Waals surface area (Å²) in [5.41, 5.74) is 1.19. The predicted octanol–water partition coefficient (Wildman–Crippen LogP) is -4.11. The van der Waals surface area contributed by atoms with Gasteiger partial charge in [0.1, 0.15) is 48.8 Å². The average Bonchev–Trinajstić information content (AvgIpc) is 3.46. The number of rotatable bonds is 12. The minimum absolute atomic E-state index is 0.0801. The van der Waals surface area contributed by atoms with Gasteiger partial charge in [0.25, 0.3) is 5.91 Å². The second-order valence-electron chi connectivity index (χ2n) is 9.73. The van der Waals surface area contributed by atoms with Gasteiger partial charge in [-0.25, -0.2) is 4.68 Å². The fraction of sp³-hybridized carbons (Fsp3) is 0.640. The first-order valence-corrected chi connectivity index (χ1v) is 13.2. The molecule has 0 bridgehead atoms. The number of ether oxygens (including phenoxy) is 4. The van der Waals surface area contributed by atoms with Gasteiger partial charge in [0, 0.05) is 6.54 Å². The molecular weight excluding hydrogens is 548 g/mol. The lowest BCUT2D eigenvalue weighted by atomic mass is 9.97. The molecular formula is C25H36N4O12. The van der Waals surface area contributed by atoms with Crippen LogP contribution in [0.25, 0.3) is 0 Å². The number of carbonyl (C=O) groups excluding carboxylic acids is 1. The molecule has 4 rings (SSSR count). The van der Waals surface area contributed by atoms with Crippen LogP contribution in [-0.4, -0.2) is 144 Å². The monoisotopic (exact) mass is 584 g/mol. The molecule has 8 N–H and O–H groups in total. The minimum atomic E-state index is -1.76. The van der Waals surface area contributed by atoms with Crippen LogP contribution in [0.15, 0.2) is 36.5 Å². The lowest BCUT2D eigenvalue weighted by Crippen LogP contribution is -2.64. The Morgan fingerprint density at radius 1 is 0.902 bits per heavy atom. The lowest BCUT2D eigenvalue weighted by Gasteiger charge is -2.45. The fourth-order valence-corrected chi connectivity index (χ4v) is 4.52. The Morgan fingerprint density at radius 2 is 1.59 bits per heavy atom. The molecule has 0 spiro atoms. The molecule has 1 aromatic carbocycles. The van der Waals surface area contributed by atoms with Gasteiger partial charge in [-0.1, -0.05) is 35.5 Å². The van der Waals surface area contributed by atoms with Crippen LogP contribution >= 0.6 is 0 Å². The van der Waals surface area contributed by atoms with Crippen molar-refractivity contribution < 1.29 is 59.5 Å². The van der Waals surface area contributed by atoms with Gasteiger partial charge in [-0.3, -0.25) is 4.79 Å². The van der Waals surface area contributed by atoms with Gasteiger partial charge in [-0.05, 0) is 12.0 Å². The van der Waals surface area contributed by atoms with Crippen LogP contribution in [0.1, 0.15) is 16.1 Å². The van der Waals surface area contributed by atoms with E-state index in [1.165, 1.54) is 10.9 Å². The van der Waals surface area contributed by atoms with Gasteiger partial charge in [0.2, 0.25) is 0 Å². The lowest BCUT2D eigenvalue weighted by molar-refractivity contribution is -0.359. The predicted molar refractivity (Wildman–Crippen MR) is 135 cm³/mol. The van der Waals surface area contributed by atoms with E-state index in [-0.39, 0.29) is 18.8 Å². The van der Waals surface area contributed by atoms with Gasteiger partial charge < -0.3 is 60.0 Å². The van der Waals surface area contributed by atoms with Crippen LogP contribution in [-0.2, 0) is 31.9 Å². The normalized spacial score (nSPS) is 33.9. The van der Waals surface area contributed by atoms with E-state index in [9.17, 15) is 40.5 Å². The number of aromatic nitrogens is 3. The van der Waals surface area contributed by atoms with Crippen molar-refractivity contribution >= 4 is 5.91 Å². The van der Waals surface area contributed by atoms with Crippen molar-refractivity contribution in [3.63, 3.8) is 0 Å². The molecule has 228 valence electrons. The zero-order valence-electron chi connectivity index (χ0n) is 22.0. The van der Waals surface area contributed by atoms with Crippen molar-refractivity contribution in [2.24, 2.45) is 0 Å². The van der Waals surface area contributed by atoms with Crippen molar-refractivity contribution in [3.8, 4) is 0 Å². The molecule has 2 aliphatic rings. The van der Waals surface area contributed by atoms with Gasteiger partial charge in [0.05, 0.1) is 32.6 Å². The molecule has 2 aliphatic heterocycles. The molecule has 2 saturated heterocycles. The largest absolute Gasteiger partial charge is 0.394 e. The Hall–Kier alpha value is -2.61. The highest BCUT2D eigenvalue weighted by atomic mass is 16.7. The Balaban J connectivity index is 1.25. The number of amides is 1. The van der Waals surface area contributed by atoms with Gasteiger partial charge in [-0.15, -0.1) is 5.10 Å². The van der Waals surface area contributed by atoms with E-state index in [1.54, 1.807) is 0 Å². The minimum Gasteiger partial charge on any atom is -0.394 e. The third kappa shape index (κ3) is 7.62. The topological polar surface area (TPSA) is 238 Å². The molecule has 3 heterocycles. The van der Waals surface area contributed by atoms with Crippen LogP contribution in [0.2, 0.25) is 0 Å². The second-order valence-corrected chi connectivity index (χ2v) is 9.73. The van der Waals surface area contributed by atoms with E-state index in [0.29, 0.717) is 13.0 Å². The van der Waals surface area contributed by atoms with Crippen LogP contribution in [0.3, 0.4) is 0 Å². The molecule has 16 heteroatoms. The molecule has 0 unspecified atom stereocenters. The number of hydrogen-bond acceptors (Lipinski definition) is 14. The Kier molecular flexibility index (Phi) is 11.1. The molecule has 0 saturated carbocycles. The average molecular weight is 585 g/mol. The van der Waals surface area contributed by atoms with Crippen molar-refractivity contribution in [1.29, 1.82) is 0 Å². The number of nitrogens with zero attached hydrogens (tertiary/aromatic N) is 3. The molecule has 2 aromatic rings. The summed E-state index contributed by atoms with van der Waals surface area (Å²) in [5.74, 6) is -0.390. The summed E-state index contributed by atoms with van der Waals surface area (Å²) < 4.78 is 23.2. The number of nitrogens with one attached hydrogen (secondary N) is 1. The number of hydrogen-bond donors (Lipinski definition) is 8. The number of carbonyl (C=O) groups is 1. The summed E-state index contributed by atoms with van der Waals surface area (Å²) in [6.45, 7) is -0.920. The summed E-state index contributed by atoms with van der Waals surface area (Å²) in [5, 5.41) is 81.0. The molecule has 0 aliphatic carbocycles. The van der Waals surface area contributed by atoms with Crippen molar-refractivity contribution in [2.75, 3.05) is 26.4 Å². The highest BCUT2D eigenvalue weighted by Gasteiger charge is 2.50. The quantitative estimate of drug-likeness (QED) is 0.118. The summed E-state index contributed by atoms with van der Waals surface area (Å²) in [4.78, 5) is 12.3. The van der Waals surface area contributed by atoms with E-state index in [4.69, 9.17) is 18.9 Å². The first-order valence-electron chi connectivity index (χ1n) is 13.2. The second kappa shape index (κ2) is 14.5. The highest BCUT2D eigenvalue weighted by molar-refractivity contribution is 5.91. The van der Waals surface area contributed by atoms with Crippen molar-refractivity contribution in [3.05, 3.63) is 47.8 Å². The van der Waals surface area contributed by atoms with E-state index in [1.807, 2.05) is 30.3 Å². The maximum atomic E-state index is 12.3. The Morgan fingerprint density at radius 3 is 2.29 bits per heavy atom. The van der Waals surface area contributed by atoms with E-state index in [2.05, 4.69) is 15.6 Å². The zero-order chi connectivity index (χ0) is 29.5. The maximum Gasteiger partial charge on any atom is 0.273 e. The standard InChI is InChI=1S/C25H36N4O12/c30-11-15-17(32)18(33)20(35)25(39-15)41-22-16(12-31)40-24(21(36)19(22)34)38-9-8-29-10-14(27-28-29)23(37)26-7-6-13-4-2-1-3-5-13/h1-5,10,15-22,24-25,30-36H,6-9,11-12H2,(H,26,37)/t15-,16-,17+,18+,19-,20-,21-,22-,24-,25+/m1/s1. The van der Waals surface area contributed by atoms with Gasteiger partial charge >= 0.3 is 0 Å². The van der Waals surface area contributed by atoms with Gasteiger partial charge in [-0.2, -0.15) is 0 Å². The van der Waals surface area contributed by atoms with Crippen LogP contribution < -0.4 is 5.32 Å².